The molecular weight excluding hydrogens is 406 g/mol. The Kier molecular flexibility index (Phi) is 5.23. The molecule has 0 spiro atoms. The van der Waals surface area contributed by atoms with Gasteiger partial charge in [-0.15, -0.1) is 0 Å². The molecule has 32 heavy (non-hydrogen) atoms. The maximum atomic E-state index is 13.1. The number of hydrogen-bond acceptors (Lipinski definition) is 6. The summed E-state index contributed by atoms with van der Waals surface area (Å²) in [7, 11) is 1.67. The molecule has 3 heterocycles. The molecule has 5 rings (SSSR count). The van der Waals surface area contributed by atoms with Crippen molar-refractivity contribution in [3.05, 3.63) is 82.0 Å². The van der Waals surface area contributed by atoms with Crippen LogP contribution >= 0.6 is 0 Å². The zero-order chi connectivity index (χ0) is 22.2. The van der Waals surface area contributed by atoms with Crippen molar-refractivity contribution in [1.82, 2.24) is 4.90 Å². The quantitative estimate of drug-likeness (QED) is 0.535. The lowest BCUT2D eigenvalue weighted by molar-refractivity contribution is 0.0949. The summed E-state index contributed by atoms with van der Waals surface area (Å²) >= 11 is 0. The molecule has 0 bridgehead atoms. The summed E-state index contributed by atoms with van der Waals surface area (Å²) in [6.07, 6.45) is 2.55. The minimum atomic E-state index is -0.121. The minimum Gasteiger partial charge on any atom is -0.497 e. The fourth-order valence-electron chi connectivity index (χ4n) is 4.16. The number of rotatable bonds is 5. The number of carbonyl (C=O) groups is 1. The van der Waals surface area contributed by atoms with Gasteiger partial charge in [0.05, 0.1) is 18.2 Å². The molecule has 0 saturated carbocycles. The van der Waals surface area contributed by atoms with Gasteiger partial charge in [-0.3, -0.25) is 9.69 Å². The summed E-state index contributed by atoms with van der Waals surface area (Å²) < 4.78 is 22.9. The number of fused-ring (bicyclic) bond motifs is 3. The Morgan fingerprint density at radius 3 is 2.66 bits per heavy atom. The van der Waals surface area contributed by atoms with Gasteiger partial charge in [-0.1, -0.05) is 12.1 Å². The van der Waals surface area contributed by atoms with Gasteiger partial charge in [0.1, 0.15) is 35.5 Å². The molecule has 6 nitrogen and oxygen atoms in total. The van der Waals surface area contributed by atoms with Crippen LogP contribution in [0.1, 0.15) is 38.6 Å². The SMILES string of the molecule is COc1ccc(CCN2COc3cc(C)c4c(c3C2)O/C(=C/c2ccc(C)o2)C4=O)cc1. The number of hydrogen-bond donors (Lipinski definition) is 0. The Bertz CT molecular complexity index is 1210. The third-order valence-electron chi connectivity index (χ3n) is 5.90. The second kappa shape index (κ2) is 8.20. The van der Waals surface area contributed by atoms with Crippen LogP contribution in [0.3, 0.4) is 0 Å². The maximum absolute atomic E-state index is 13.1. The number of Topliss-reactive ketones (excluding diaryl/α,β-unsaturated/α-hetero) is 1. The van der Waals surface area contributed by atoms with E-state index < -0.39 is 0 Å². The summed E-state index contributed by atoms with van der Waals surface area (Å²) in [6, 6.07) is 13.7. The smallest absolute Gasteiger partial charge is 0.232 e. The van der Waals surface area contributed by atoms with Crippen molar-refractivity contribution in [2.24, 2.45) is 0 Å². The van der Waals surface area contributed by atoms with E-state index in [0.29, 0.717) is 30.3 Å². The monoisotopic (exact) mass is 431 g/mol. The molecule has 0 unspecified atom stereocenters. The van der Waals surface area contributed by atoms with Crippen molar-refractivity contribution in [2.75, 3.05) is 20.4 Å². The summed E-state index contributed by atoms with van der Waals surface area (Å²) in [5.74, 6) is 3.78. The first kappa shape index (κ1) is 20.4. The lowest BCUT2D eigenvalue weighted by atomic mass is 9.98. The van der Waals surface area contributed by atoms with E-state index in [4.69, 9.17) is 18.6 Å². The van der Waals surface area contributed by atoms with Crippen molar-refractivity contribution in [2.45, 2.75) is 26.8 Å². The van der Waals surface area contributed by atoms with E-state index in [2.05, 4.69) is 17.0 Å². The average molecular weight is 431 g/mol. The van der Waals surface area contributed by atoms with Crippen LogP contribution < -0.4 is 14.2 Å². The highest BCUT2D eigenvalue weighted by molar-refractivity contribution is 6.15. The van der Waals surface area contributed by atoms with Gasteiger partial charge >= 0.3 is 0 Å². The second-order valence-electron chi connectivity index (χ2n) is 8.19. The summed E-state index contributed by atoms with van der Waals surface area (Å²) in [4.78, 5) is 15.3. The molecule has 0 N–H and O–H groups in total. The number of ketones is 1. The molecule has 3 aromatic rings. The van der Waals surface area contributed by atoms with E-state index in [1.807, 2.05) is 44.2 Å². The number of ether oxygens (including phenoxy) is 3. The van der Waals surface area contributed by atoms with E-state index in [1.165, 1.54) is 5.56 Å². The van der Waals surface area contributed by atoms with Crippen LogP contribution in [0.5, 0.6) is 17.2 Å². The fourth-order valence-corrected chi connectivity index (χ4v) is 4.16. The summed E-state index contributed by atoms with van der Waals surface area (Å²) in [6.45, 7) is 5.78. The van der Waals surface area contributed by atoms with Crippen molar-refractivity contribution in [1.29, 1.82) is 0 Å². The molecule has 0 saturated heterocycles. The topological polar surface area (TPSA) is 61.1 Å². The average Bonchev–Trinajstić information content (AvgIpc) is 3.36. The minimum absolute atomic E-state index is 0.121. The first-order valence-corrected chi connectivity index (χ1v) is 10.7. The van der Waals surface area contributed by atoms with E-state index in [1.54, 1.807) is 13.2 Å². The number of carbonyl (C=O) groups excluding carboxylic acids is 1. The molecule has 164 valence electrons. The van der Waals surface area contributed by atoms with Crippen LogP contribution in [0.4, 0.5) is 0 Å². The molecule has 1 aromatic heterocycles. The van der Waals surface area contributed by atoms with Crippen molar-refractivity contribution in [3.63, 3.8) is 0 Å². The largest absolute Gasteiger partial charge is 0.497 e. The molecule has 2 aliphatic heterocycles. The summed E-state index contributed by atoms with van der Waals surface area (Å²) in [5.41, 5.74) is 3.61. The van der Waals surface area contributed by atoms with Gasteiger partial charge in [0, 0.05) is 19.2 Å². The highest BCUT2D eigenvalue weighted by Crippen LogP contribution is 2.44. The normalized spacial score (nSPS) is 16.5. The number of benzene rings is 2. The van der Waals surface area contributed by atoms with Gasteiger partial charge in [0.25, 0.3) is 0 Å². The molecule has 2 aliphatic rings. The Morgan fingerprint density at radius 2 is 1.94 bits per heavy atom. The molecule has 0 aliphatic carbocycles. The van der Waals surface area contributed by atoms with Crippen LogP contribution in [-0.2, 0) is 13.0 Å². The highest BCUT2D eigenvalue weighted by Gasteiger charge is 2.35. The van der Waals surface area contributed by atoms with Gasteiger partial charge in [-0.2, -0.15) is 0 Å². The van der Waals surface area contributed by atoms with E-state index >= 15 is 0 Å². The highest BCUT2D eigenvalue weighted by atomic mass is 16.5. The van der Waals surface area contributed by atoms with Crippen molar-refractivity contribution in [3.8, 4) is 17.2 Å². The molecule has 2 aromatic carbocycles. The Morgan fingerprint density at radius 1 is 1.12 bits per heavy atom. The van der Waals surface area contributed by atoms with Crippen LogP contribution in [-0.4, -0.2) is 31.1 Å². The zero-order valence-corrected chi connectivity index (χ0v) is 18.4. The molecule has 0 amide bonds. The van der Waals surface area contributed by atoms with Crippen LogP contribution in [0.2, 0.25) is 0 Å². The standard InChI is InChI=1S/C26H25NO5/c1-16-12-22-21(14-27(15-30-22)11-10-18-5-8-19(29-3)9-6-18)26-24(16)25(28)23(32-26)13-20-7-4-17(2)31-20/h4-9,12-13H,10-11,14-15H2,1-3H3/b23-13+. The Balaban J connectivity index is 1.36. The van der Waals surface area contributed by atoms with Gasteiger partial charge in [0.2, 0.25) is 5.78 Å². The van der Waals surface area contributed by atoms with Crippen LogP contribution in [0, 0.1) is 13.8 Å². The maximum Gasteiger partial charge on any atom is 0.232 e. The lowest BCUT2D eigenvalue weighted by Gasteiger charge is -2.30. The van der Waals surface area contributed by atoms with Crippen molar-refractivity contribution < 1.29 is 23.4 Å². The third-order valence-corrected chi connectivity index (χ3v) is 5.90. The molecule has 0 atom stereocenters. The lowest BCUT2D eigenvalue weighted by Crippen LogP contribution is -2.33. The number of nitrogens with zero attached hydrogens (tertiary/aromatic N) is 1. The van der Waals surface area contributed by atoms with Crippen LogP contribution in [0.25, 0.3) is 6.08 Å². The first-order chi connectivity index (χ1) is 15.5. The van der Waals surface area contributed by atoms with Gasteiger partial charge in [-0.25, -0.2) is 0 Å². The van der Waals surface area contributed by atoms with Crippen molar-refractivity contribution >= 4 is 11.9 Å². The number of furan rings is 1. The molecular formula is C26H25NO5. The van der Waals surface area contributed by atoms with Gasteiger partial charge in [0.15, 0.2) is 5.76 Å². The van der Waals surface area contributed by atoms with E-state index in [-0.39, 0.29) is 11.5 Å². The van der Waals surface area contributed by atoms with E-state index in [9.17, 15) is 4.79 Å². The molecule has 0 fully saturated rings. The summed E-state index contributed by atoms with van der Waals surface area (Å²) in [5, 5.41) is 0. The predicted molar refractivity (Wildman–Crippen MR) is 120 cm³/mol. The fraction of sp³-hybridized carbons (Fsp3) is 0.269. The Hall–Kier alpha value is -3.51. The number of aryl methyl sites for hydroxylation is 2. The van der Waals surface area contributed by atoms with E-state index in [0.717, 1.165) is 41.4 Å². The number of methoxy groups -OCH3 is 1. The third kappa shape index (κ3) is 3.78. The molecule has 6 heteroatoms. The van der Waals surface area contributed by atoms with Crippen LogP contribution in [0.15, 0.2) is 52.6 Å². The second-order valence-corrected chi connectivity index (χ2v) is 8.19. The van der Waals surface area contributed by atoms with Gasteiger partial charge in [-0.05, 0) is 61.7 Å². The van der Waals surface area contributed by atoms with Gasteiger partial charge < -0.3 is 18.6 Å². The number of allylic oxidation sites excluding steroid dienone is 1. The first-order valence-electron chi connectivity index (χ1n) is 10.7. The predicted octanol–water partition coefficient (Wildman–Crippen LogP) is 4.92. The molecule has 0 radical (unpaired) electrons. The Labute approximate surface area is 187 Å². The zero-order valence-electron chi connectivity index (χ0n) is 18.4.